The molecular formula is C20H18F3NO. The minimum atomic E-state index is -4.39. The molecule has 2 nitrogen and oxygen atoms in total. The van der Waals surface area contributed by atoms with E-state index in [2.05, 4.69) is 17.2 Å². The lowest BCUT2D eigenvalue weighted by Gasteiger charge is -2.14. The molecule has 1 atom stereocenters. The molecule has 25 heavy (non-hydrogen) atoms. The van der Waals surface area contributed by atoms with Gasteiger partial charge in [-0.05, 0) is 30.2 Å². The number of halogens is 3. The van der Waals surface area contributed by atoms with E-state index in [1.807, 2.05) is 37.3 Å². The third-order valence-corrected chi connectivity index (χ3v) is 3.70. The lowest BCUT2D eigenvalue weighted by molar-refractivity contribution is -0.137. The van der Waals surface area contributed by atoms with Crippen LogP contribution in [0.5, 0.6) is 0 Å². The van der Waals surface area contributed by atoms with Crippen LogP contribution >= 0.6 is 0 Å². The molecule has 2 aromatic rings. The average Bonchev–Trinajstić information content (AvgIpc) is 2.60. The highest BCUT2D eigenvalue weighted by Gasteiger charge is 2.30. The SMILES string of the molecule is CCC(C(=O)NCC#Cc1cccc(C(F)(F)F)c1)c1ccccc1. The number of rotatable bonds is 4. The predicted octanol–water partition coefficient (Wildman–Crippen LogP) is 4.37. The molecule has 0 saturated carbocycles. The monoisotopic (exact) mass is 345 g/mol. The first-order valence-corrected chi connectivity index (χ1v) is 7.90. The smallest absolute Gasteiger partial charge is 0.345 e. The second kappa shape index (κ2) is 8.39. The maximum Gasteiger partial charge on any atom is 0.416 e. The van der Waals surface area contributed by atoms with Crippen molar-refractivity contribution in [2.75, 3.05) is 6.54 Å². The van der Waals surface area contributed by atoms with Crippen LogP contribution in [0, 0.1) is 11.8 Å². The summed E-state index contributed by atoms with van der Waals surface area (Å²) in [6.45, 7) is 2.00. The molecule has 2 aromatic carbocycles. The Morgan fingerprint density at radius 1 is 1.12 bits per heavy atom. The van der Waals surface area contributed by atoms with Crippen molar-refractivity contribution in [1.82, 2.24) is 5.32 Å². The minimum absolute atomic E-state index is 0.0818. The Bertz CT molecular complexity index is 773. The molecule has 1 N–H and O–H groups in total. The average molecular weight is 345 g/mol. The van der Waals surface area contributed by atoms with Gasteiger partial charge in [-0.2, -0.15) is 13.2 Å². The first-order chi connectivity index (χ1) is 11.9. The van der Waals surface area contributed by atoms with Crippen molar-refractivity contribution in [1.29, 1.82) is 0 Å². The second-order valence-corrected chi connectivity index (χ2v) is 5.47. The third kappa shape index (κ3) is 5.39. The van der Waals surface area contributed by atoms with Crippen LogP contribution in [-0.2, 0) is 11.0 Å². The normalized spacial score (nSPS) is 12.0. The molecule has 0 aliphatic heterocycles. The zero-order valence-corrected chi connectivity index (χ0v) is 13.7. The predicted molar refractivity (Wildman–Crippen MR) is 90.8 cm³/mol. The highest BCUT2D eigenvalue weighted by Crippen LogP contribution is 2.29. The quantitative estimate of drug-likeness (QED) is 0.820. The molecule has 1 unspecified atom stereocenters. The Morgan fingerprint density at radius 3 is 2.48 bits per heavy atom. The number of amides is 1. The summed E-state index contributed by atoms with van der Waals surface area (Å²) in [6, 6.07) is 14.2. The Labute approximate surface area is 145 Å². The van der Waals surface area contributed by atoms with E-state index in [1.165, 1.54) is 12.1 Å². The Hall–Kier alpha value is -2.74. The summed E-state index contributed by atoms with van der Waals surface area (Å²) in [6.07, 6.45) is -3.74. The fourth-order valence-corrected chi connectivity index (χ4v) is 2.43. The van der Waals surface area contributed by atoms with E-state index in [9.17, 15) is 18.0 Å². The van der Waals surface area contributed by atoms with E-state index in [0.717, 1.165) is 17.7 Å². The Morgan fingerprint density at radius 2 is 1.84 bits per heavy atom. The van der Waals surface area contributed by atoms with Crippen molar-refractivity contribution in [3.63, 3.8) is 0 Å². The van der Waals surface area contributed by atoms with Gasteiger partial charge in [-0.1, -0.05) is 55.2 Å². The van der Waals surface area contributed by atoms with Crippen molar-refractivity contribution in [2.24, 2.45) is 0 Å². The molecule has 0 radical (unpaired) electrons. The summed E-state index contributed by atoms with van der Waals surface area (Å²) in [5.74, 6) is 4.92. The van der Waals surface area contributed by atoms with Crippen LogP contribution in [0.3, 0.4) is 0 Å². The standard InChI is InChI=1S/C20H18F3NO/c1-2-18(16-10-4-3-5-11-16)19(25)24-13-7-9-15-8-6-12-17(14-15)20(21,22)23/h3-6,8,10-12,14,18H,2,13H2,1H3,(H,24,25). The van der Waals surface area contributed by atoms with E-state index in [4.69, 9.17) is 0 Å². The zero-order chi connectivity index (χ0) is 18.3. The van der Waals surface area contributed by atoms with Crippen LogP contribution in [0.4, 0.5) is 13.2 Å². The first kappa shape index (κ1) is 18.6. The van der Waals surface area contributed by atoms with Gasteiger partial charge in [0.1, 0.15) is 0 Å². The molecule has 2 rings (SSSR count). The second-order valence-electron chi connectivity index (χ2n) is 5.47. The summed E-state index contributed by atoms with van der Waals surface area (Å²) in [4.78, 5) is 12.2. The number of hydrogen-bond acceptors (Lipinski definition) is 1. The number of nitrogens with one attached hydrogen (secondary N) is 1. The summed E-state index contributed by atoms with van der Waals surface area (Å²) < 4.78 is 37.9. The molecule has 0 bridgehead atoms. The van der Waals surface area contributed by atoms with Gasteiger partial charge in [-0.15, -0.1) is 0 Å². The van der Waals surface area contributed by atoms with E-state index in [1.54, 1.807) is 0 Å². The van der Waals surface area contributed by atoms with Crippen LogP contribution in [0.15, 0.2) is 54.6 Å². The van der Waals surface area contributed by atoms with Crippen LogP contribution in [-0.4, -0.2) is 12.5 Å². The molecular weight excluding hydrogens is 327 g/mol. The molecule has 0 saturated heterocycles. The van der Waals surface area contributed by atoms with Crippen molar-refractivity contribution < 1.29 is 18.0 Å². The zero-order valence-electron chi connectivity index (χ0n) is 13.7. The van der Waals surface area contributed by atoms with Crippen LogP contribution in [0.25, 0.3) is 0 Å². The first-order valence-electron chi connectivity index (χ1n) is 7.90. The molecule has 0 aliphatic rings. The highest BCUT2D eigenvalue weighted by atomic mass is 19.4. The van der Waals surface area contributed by atoms with Crippen molar-refractivity contribution in [3.8, 4) is 11.8 Å². The van der Waals surface area contributed by atoms with Gasteiger partial charge < -0.3 is 5.32 Å². The van der Waals surface area contributed by atoms with Gasteiger partial charge in [0.15, 0.2) is 0 Å². The van der Waals surface area contributed by atoms with Gasteiger partial charge in [-0.3, -0.25) is 4.79 Å². The Kier molecular flexibility index (Phi) is 6.24. The summed E-state index contributed by atoms with van der Waals surface area (Å²) in [5, 5.41) is 2.71. The maximum atomic E-state index is 12.6. The number of carbonyl (C=O) groups excluding carboxylic acids is 1. The van der Waals surface area contributed by atoms with Gasteiger partial charge >= 0.3 is 6.18 Å². The molecule has 1 amide bonds. The van der Waals surface area contributed by atoms with E-state index >= 15 is 0 Å². The molecule has 0 heterocycles. The molecule has 130 valence electrons. The Balaban J connectivity index is 1.97. The van der Waals surface area contributed by atoms with Gasteiger partial charge in [0, 0.05) is 5.56 Å². The van der Waals surface area contributed by atoms with Crippen molar-refractivity contribution in [2.45, 2.75) is 25.4 Å². The van der Waals surface area contributed by atoms with E-state index in [0.29, 0.717) is 6.42 Å². The van der Waals surface area contributed by atoms with Crippen LogP contribution in [0.1, 0.15) is 36.0 Å². The molecule has 0 aromatic heterocycles. The largest absolute Gasteiger partial charge is 0.416 e. The van der Waals surface area contributed by atoms with Crippen LogP contribution < -0.4 is 5.32 Å². The van der Waals surface area contributed by atoms with E-state index < -0.39 is 11.7 Å². The summed E-state index contributed by atoms with van der Waals surface area (Å²) >= 11 is 0. The fourth-order valence-electron chi connectivity index (χ4n) is 2.43. The van der Waals surface area contributed by atoms with Crippen LogP contribution in [0.2, 0.25) is 0 Å². The van der Waals surface area contributed by atoms with Gasteiger partial charge in [0.2, 0.25) is 5.91 Å². The molecule has 0 fully saturated rings. The molecule has 0 aliphatic carbocycles. The summed E-state index contributed by atoms with van der Waals surface area (Å²) in [7, 11) is 0. The lowest BCUT2D eigenvalue weighted by Crippen LogP contribution is -2.29. The third-order valence-electron chi connectivity index (χ3n) is 3.70. The topological polar surface area (TPSA) is 29.1 Å². The van der Waals surface area contributed by atoms with Crippen molar-refractivity contribution >= 4 is 5.91 Å². The minimum Gasteiger partial charge on any atom is -0.345 e. The highest BCUT2D eigenvalue weighted by molar-refractivity contribution is 5.83. The fraction of sp³-hybridized carbons (Fsp3) is 0.250. The number of hydrogen-bond donors (Lipinski definition) is 1. The van der Waals surface area contributed by atoms with Gasteiger partial charge in [0.25, 0.3) is 0 Å². The lowest BCUT2D eigenvalue weighted by atomic mass is 9.96. The molecule has 5 heteroatoms. The van der Waals surface area contributed by atoms with Crippen molar-refractivity contribution in [3.05, 3.63) is 71.3 Å². The maximum absolute atomic E-state index is 12.6. The number of benzene rings is 2. The van der Waals surface area contributed by atoms with Gasteiger partial charge in [-0.25, -0.2) is 0 Å². The number of carbonyl (C=O) groups is 1. The summed E-state index contributed by atoms with van der Waals surface area (Å²) in [5.41, 5.74) is 0.450. The van der Waals surface area contributed by atoms with Gasteiger partial charge in [0.05, 0.1) is 18.0 Å². The van der Waals surface area contributed by atoms with E-state index in [-0.39, 0.29) is 23.9 Å². The number of alkyl halides is 3. The molecule has 0 spiro atoms.